The summed E-state index contributed by atoms with van der Waals surface area (Å²) in [4.78, 5) is 29.0. The molecule has 0 spiro atoms. The van der Waals surface area contributed by atoms with Crippen LogP contribution in [-0.2, 0) is 22.6 Å². The molecule has 2 aromatic carbocycles. The predicted octanol–water partition coefficient (Wildman–Crippen LogP) is 3.01. The smallest absolute Gasteiger partial charge is 0.254 e. The molecule has 0 atom stereocenters. The van der Waals surface area contributed by atoms with Gasteiger partial charge in [0.15, 0.2) is 0 Å². The molecule has 1 fully saturated rings. The maximum Gasteiger partial charge on any atom is 0.254 e. The average Bonchev–Trinajstić information content (AvgIpc) is 2.70. The third-order valence-electron chi connectivity index (χ3n) is 4.74. The fourth-order valence-electron chi connectivity index (χ4n) is 3.23. The van der Waals surface area contributed by atoms with Crippen molar-refractivity contribution in [2.24, 2.45) is 0 Å². The number of ether oxygens (including phenoxy) is 1. The minimum Gasteiger partial charge on any atom is -0.380 e. The fourth-order valence-corrected chi connectivity index (χ4v) is 3.35. The van der Waals surface area contributed by atoms with Crippen LogP contribution in [0.2, 0.25) is 5.02 Å². The molecule has 1 aliphatic heterocycles. The molecule has 0 aromatic heterocycles. The van der Waals surface area contributed by atoms with Gasteiger partial charge in [0.1, 0.15) is 0 Å². The van der Waals surface area contributed by atoms with Gasteiger partial charge in [-0.3, -0.25) is 9.59 Å². The van der Waals surface area contributed by atoms with Crippen molar-refractivity contribution in [3.05, 3.63) is 70.2 Å². The number of halogens is 1. The minimum atomic E-state index is -0.00699. The van der Waals surface area contributed by atoms with Crippen molar-refractivity contribution in [1.82, 2.24) is 9.80 Å². The van der Waals surface area contributed by atoms with E-state index >= 15 is 0 Å². The molecule has 5 nitrogen and oxygen atoms in total. The highest BCUT2D eigenvalue weighted by Crippen LogP contribution is 2.16. The van der Waals surface area contributed by atoms with E-state index in [0.717, 1.165) is 11.1 Å². The van der Waals surface area contributed by atoms with Gasteiger partial charge in [0.05, 0.1) is 13.0 Å². The van der Waals surface area contributed by atoms with Crippen LogP contribution in [0.3, 0.4) is 0 Å². The molecule has 6 heteroatoms. The molecule has 2 aromatic rings. The Bertz CT molecular complexity index is 799. The molecule has 142 valence electrons. The summed E-state index contributed by atoms with van der Waals surface area (Å²) in [6.07, 6.45) is 0.349. The van der Waals surface area contributed by atoms with E-state index in [4.69, 9.17) is 16.3 Å². The second kappa shape index (κ2) is 9.02. The first-order valence-corrected chi connectivity index (χ1v) is 9.34. The van der Waals surface area contributed by atoms with Crippen LogP contribution < -0.4 is 0 Å². The maximum atomic E-state index is 12.8. The quantitative estimate of drug-likeness (QED) is 0.793. The first kappa shape index (κ1) is 19.4. The molecule has 0 saturated carbocycles. The Hall–Kier alpha value is -2.37. The largest absolute Gasteiger partial charge is 0.380 e. The van der Waals surface area contributed by atoms with E-state index in [1.807, 2.05) is 41.3 Å². The molecular formula is C21H23ClN2O3. The number of hydrogen-bond acceptors (Lipinski definition) is 3. The molecule has 2 amide bonds. The number of piperazine rings is 1. The summed E-state index contributed by atoms with van der Waals surface area (Å²) >= 11 is 5.88. The Morgan fingerprint density at radius 1 is 0.963 bits per heavy atom. The predicted molar refractivity (Wildman–Crippen MR) is 105 cm³/mol. The van der Waals surface area contributed by atoms with Gasteiger partial charge in [-0.25, -0.2) is 0 Å². The SMILES string of the molecule is COCc1ccccc1C(=O)N1CCN(C(=O)Cc2ccc(Cl)cc2)CC1. The van der Waals surface area contributed by atoms with Crippen LogP contribution in [0.5, 0.6) is 0 Å². The summed E-state index contributed by atoms with van der Waals surface area (Å²) in [5.74, 6) is 0.0663. The summed E-state index contributed by atoms with van der Waals surface area (Å²) in [7, 11) is 1.62. The molecule has 1 aliphatic rings. The van der Waals surface area contributed by atoms with Crippen LogP contribution in [0.4, 0.5) is 0 Å². The lowest BCUT2D eigenvalue weighted by atomic mass is 10.1. The Kier molecular flexibility index (Phi) is 6.48. The molecule has 0 N–H and O–H groups in total. The van der Waals surface area contributed by atoms with E-state index in [2.05, 4.69) is 0 Å². The van der Waals surface area contributed by atoms with Crippen molar-refractivity contribution in [3.63, 3.8) is 0 Å². The number of carbonyl (C=O) groups is 2. The molecule has 0 aliphatic carbocycles. The summed E-state index contributed by atoms with van der Waals surface area (Å²) in [5.41, 5.74) is 2.49. The standard InChI is InChI=1S/C21H23ClN2O3/c1-27-15-17-4-2-3-5-19(17)21(26)24-12-10-23(11-13-24)20(25)14-16-6-8-18(22)9-7-16/h2-9H,10-15H2,1H3. The van der Waals surface area contributed by atoms with E-state index < -0.39 is 0 Å². The molecule has 3 rings (SSSR count). The zero-order chi connectivity index (χ0) is 19.2. The lowest BCUT2D eigenvalue weighted by molar-refractivity contribution is -0.131. The monoisotopic (exact) mass is 386 g/mol. The van der Waals surface area contributed by atoms with Crippen molar-refractivity contribution in [2.75, 3.05) is 33.3 Å². The fraction of sp³-hybridized carbons (Fsp3) is 0.333. The summed E-state index contributed by atoms with van der Waals surface area (Å²) in [6, 6.07) is 14.8. The lowest BCUT2D eigenvalue weighted by Gasteiger charge is -2.35. The van der Waals surface area contributed by atoms with E-state index in [0.29, 0.717) is 49.8 Å². The van der Waals surface area contributed by atoms with Gasteiger partial charge < -0.3 is 14.5 Å². The Morgan fingerprint density at radius 2 is 1.59 bits per heavy atom. The molecule has 0 radical (unpaired) electrons. The molecule has 0 bridgehead atoms. The molecule has 0 unspecified atom stereocenters. The van der Waals surface area contributed by atoms with E-state index in [-0.39, 0.29) is 11.8 Å². The third-order valence-corrected chi connectivity index (χ3v) is 4.99. The highest BCUT2D eigenvalue weighted by molar-refractivity contribution is 6.30. The number of methoxy groups -OCH3 is 1. The lowest BCUT2D eigenvalue weighted by Crippen LogP contribution is -2.51. The molecule has 1 saturated heterocycles. The van der Waals surface area contributed by atoms with Crippen LogP contribution in [-0.4, -0.2) is 54.9 Å². The number of hydrogen-bond donors (Lipinski definition) is 0. The van der Waals surface area contributed by atoms with Crippen LogP contribution in [0, 0.1) is 0 Å². The van der Waals surface area contributed by atoms with Crippen LogP contribution in [0.1, 0.15) is 21.5 Å². The number of nitrogens with zero attached hydrogens (tertiary/aromatic N) is 2. The van der Waals surface area contributed by atoms with Crippen LogP contribution in [0.15, 0.2) is 48.5 Å². The van der Waals surface area contributed by atoms with Gasteiger partial charge in [0, 0.05) is 43.9 Å². The summed E-state index contributed by atoms with van der Waals surface area (Å²) < 4.78 is 5.19. The molecule has 27 heavy (non-hydrogen) atoms. The first-order valence-electron chi connectivity index (χ1n) is 8.97. The minimum absolute atomic E-state index is 0.00699. The van der Waals surface area contributed by atoms with Gasteiger partial charge in [-0.05, 0) is 29.3 Å². The van der Waals surface area contributed by atoms with Gasteiger partial charge in [0.25, 0.3) is 5.91 Å². The number of benzene rings is 2. The van der Waals surface area contributed by atoms with E-state index in [1.54, 1.807) is 24.1 Å². The average molecular weight is 387 g/mol. The topological polar surface area (TPSA) is 49.9 Å². The van der Waals surface area contributed by atoms with Gasteiger partial charge in [-0.2, -0.15) is 0 Å². The van der Waals surface area contributed by atoms with Crippen molar-refractivity contribution >= 4 is 23.4 Å². The Morgan fingerprint density at radius 3 is 2.26 bits per heavy atom. The molecule has 1 heterocycles. The van der Waals surface area contributed by atoms with Crippen LogP contribution in [0.25, 0.3) is 0 Å². The maximum absolute atomic E-state index is 12.8. The van der Waals surface area contributed by atoms with E-state index in [1.165, 1.54) is 0 Å². The van der Waals surface area contributed by atoms with Crippen LogP contribution >= 0.6 is 11.6 Å². The van der Waals surface area contributed by atoms with Gasteiger partial charge in [0.2, 0.25) is 5.91 Å². The van der Waals surface area contributed by atoms with Crippen molar-refractivity contribution in [2.45, 2.75) is 13.0 Å². The second-order valence-electron chi connectivity index (χ2n) is 6.57. The highest BCUT2D eigenvalue weighted by Gasteiger charge is 2.25. The van der Waals surface area contributed by atoms with Crippen molar-refractivity contribution in [3.8, 4) is 0 Å². The zero-order valence-electron chi connectivity index (χ0n) is 15.4. The third kappa shape index (κ3) is 4.87. The van der Waals surface area contributed by atoms with Crippen molar-refractivity contribution in [1.29, 1.82) is 0 Å². The zero-order valence-corrected chi connectivity index (χ0v) is 16.1. The second-order valence-corrected chi connectivity index (χ2v) is 7.00. The van der Waals surface area contributed by atoms with Crippen molar-refractivity contribution < 1.29 is 14.3 Å². The van der Waals surface area contributed by atoms with Gasteiger partial charge >= 0.3 is 0 Å². The normalized spacial score (nSPS) is 14.3. The van der Waals surface area contributed by atoms with Gasteiger partial charge in [-0.15, -0.1) is 0 Å². The summed E-state index contributed by atoms with van der Waals surface area (Å²) in [6.45, 7) is 2.57. The summed E-state index contributed by atoms with van der Waals surface area (Å²) in [5, 5.41) is 0.659. The Labute approximate surface area is 164 Å². The highest BCUT2D eigenvalue weighted by atomic mass is 35.5. The van der Waals surface area contributed by atoms with E-state index in [9.17, 15) is 9.59 Å². The number of rotatable bonds is 5. The first-order chi connectivity index (χ1) is 13.1. The molecular weight excluding hydrogens is 364 g/mol. The van der Waals surface area contributed by atoms with Gasteiger partial charge in [-0.1, -0.05) is 41.9 Å². The number of amides is 2. The number of carbonyl (C=O) groups excluding carboxylic acids is 2. The Balaban J connectivity index is 1.57.